The van der Waals surface area contributed by atoms with Crippen LogP contribution in [-0.2, 0) is 20.0 Å². The van der Waals surface area contributed by atoms with Crippen molar-refractivity contribution in [1.29, 1.82) is 0 Å². The number of nitrogens with zero attached hydrogens (tertiary/aromatic N) is 3. The molecular formula is C17H19BrN4. The Morgan fingerprint density at radius 1 is 1.36 bits per heavy atom. The van der Waals surface area contributed by atoms with Crippen LogP contribution in [0.15, 0.2) is 47.3 Å². The van der Waals surface area contributed by atoms with Gasteiger partial charge in [-0.05, 0) is 42.7 Å². The van der Waals surface area contributed by atoms with Crippen LogP contribution in [0.1, 0.15) is 18.1 Å². The van der Waals surface area contributed by atoms with Crippen LogP contribution >= 0.6 is 15.9 Å². The Morgan fingerprint density at radius 2 is 2.23 bits per heavy atom. The fourth-order valence-corrected chi connectivity index (χ4v) is 3.17. The highest BCUT2D eigenvalue weighted by molar-refractivity contribution is 9.10. The van der Waals surface area contributed by atoms with Gasteiger partial charge in [0.15, 0.2) is 0 Å². The molecular weight excluding hydrogens is 340 g/mol. The van der Waals surface area contributed by atoms with E-state index in [1.54, 1.807) is 0 Å². The summed E-state index contributed by atoms with van der Waals surface area (Å²) in [5.74, 6) is 0. The molecule has 0 aliphatic heterocycles. The van der Waals surface area contributed by atoms with Crippen LogP contribution in [-0.4, -0.2) is 20.8 Å². The number of halogens is 1. The smallest absolute Gasteiger partial charge is 0.0747 e. The van der Waals surface area contributed by atoms with E-state index in [0.717, 1.165) is 28.3 Å². The molecule has 0 aliphatic rings. The summed E-state index contributed by atoms with van der Waals surface area (Å²) in [6.07, 6.45) is 6.80. The Hall–Kier alpha value is -1.72. The minimum Gasteiger partial charge on any atom is -0.310 e. The van der Waals surface area contributed by atoms with E-state index in [9.17, 15) is 0 Å². The van der Waals surface area contributed by atoms with Gasteiger partial charge in [0.1, 0.15) is 0 Å². The van der Waals surface area contributed by atoms with Crippen molar-refractivity contribution in [2.75, 3.05) is 0 Å². The molecule has 1 unspecified atom stereocenters. The zero-order valence-corrected chi connectivity index (χ0v) is 14.3. The van der Waals surface area contributed by atoms with Crippen molar-refractivity contribution in [3.8, 4) is 0 Å². The predicted octanol–water partition coefficient (Wildman–Crippen LogP) is 3.45. The van der Waals surface area contributed by atoms with E-state index >= 15 is 0 Å². The van der Waals surface area contributed by atoms with Crippen LogP contribution in [0, 0.1) is 0 Å². The molecule has 5 heteroatoms. The van der Waals surface area contributed by atoms with E-state index in [2.05, 4.69) is 62.6 Å². The van der Waals surface area contributed by atoms with Crippen molar-refractivity contribution in [2.45, 2.75) is 25.9 Å². The van der Waals surface area contributed by atoms with Crippen LogP contribution < -0.4 is 5.32 Å². The second-order valence-electron chi connectivity index (χ2n) is 5.65. The summed E-state index contributed by atoms with van der Waals surface area (Å²) in [5, 5.41) is 8.95. The maximum Gasteiger partial charge on any atom is 0.0747 e. The number of hydrogen-bond donors (Lipinski definition) is 1. The number of rotatable bonds is 5. The highest BCUT2D eigenvalue weighted by Crippen LogP contribution is 2.22. The lowest BCUT2D eigenvalue weighted by molar-refractivity contribution is 0.546. The third-order valence-corrected chi connectivity index (χ3v) is 4.15. The number of nitrogens with one attached hydrogen (secondary N) is 1. The van der Waals surface area contributed by atoms with Crippen LogP contribution in [0.5, 0.6) is 0 Å². The van der Waals surface area contributed by atoms with Crippen molar-refractivity contribution < 1.29 is 0 Å². The number of benzene rings is 1. The van der Waals surface area contributed by atoms with Crippen LogP contribution in [0.25, 0.3) is 10.9 Å². The van der Waals surface area contributed by atoms with Gasteiger partial charge in [-0.15, -0.1) is 0 Å². The zero-order chi connectivity index (χ0) is 15.5. The topological polar surface area (TPSA) is 42.7 Å². The molecule has 2 heterocycles. The van der Waals surface area contributed by atoms with E-state index < -0.39 is 0 Å². The molecule has 2 aromatic heterocycles. The molecule has 3 aromatic rings. The number of pyridine rings is 1. The summed E-state index contributed by atoms with van der Waals surface area (Å²) in [6, 6.07) is 8.68. The van der Waals surface area contributed by atoms with Gasteiger partial charge >= 0.3 is 0 Å². The van der Waals surface area contributed by atoms with Crippen LogP contribution in [0.2, 0.25) is 0 Å². The van der Waals surface area contributed by atoms with Gasteiger partial charge in [0.2, 0.25) is 0 Å². The summed E-state index contributed by atoms with van der Waals surface area (Å²) in [6.45, 7) is 3.00. The molecule has 3 rings (SSSR count). The van der Waals surface area contributed by atoms with E-state index in [1.807, 2.05) is 30.2 Å². The monoisotopic (exact) mass is 358 g/mol. The Kier molecular flexibility index (Phi) is 4.55. The van der Waals surface area contributed by atoms with Gasteiger partial charge in [0, 0.05) is 41.9 Å². The molecule has 4 nitrogen and oxygen atoms in total. The standard InChI is InChI=1S/C17H19BrN4/c1-12(6-13-9-21-22(2)11-13)20-10-15-8-16(18)7-14-4-3-5-19-17(14)15/h3-5,7-9,11-12,20H,6,10H2,1-2H3. The molecule has 22 heavy (non-hydrogen) atoms. The minimum atomic E-state index is 0.377. The second-order valence-corrected chi connectivity index (χ2v) is 6.56. The average Bonchev–Trinajstić information content (AvgIpc) is 2.89. The second kappa shape index (κ2) is 6.58. The first-order valence-corrected chi connectivity index (χ1v) is 8.15. The van der Waals surface area contributed by atoms with Crippen molar-refractivity contribution in [2.24, 2.45) is 7.05 Å². The summed E-state index contributed by atoms with van der Waals surface area (Å²) < 4.78 is 2.93. The SMILES string of the molecule is CC(Cc1cnn(C)c1)NCc1cc(Br)cc2cccnc12. The van der Waals surface area contributed by atoms with E-state index in [4.69, 9.17) is 0 Å². The fraction of sp³-hybridized carbons (Fsp3) is 0.294. The highest BCUT2D eigenvalue weighted by atomic mass is 79.9. The van der Waals surface area contributed by atoms with E-state index in [1.165, 1.54) is 11.1 Å². The first-order chi connectivity index (χ1) is 10.6. The first kappa shape index (κ1) is 15.2. The number of fused-ring (bicyclic) bond motifs is 1. The predicted molar refractivity (Wildman–Crippen MR) is 92.7 cm³/mol. The Morgan fingerprint density at radius 3 is 3.00 bits per heavy atom. The number of aryl methyl sites for hydroxylation is 1. The number of hydrogen-bond acceptors (Lipinski definition) is 3. The van der Waals surface area contributed by atoms with Gasteiger partial charge in [-0.25, -0.2) is 0 Å². The largest absolute Gasteiger partial charge is 0.310 e. The van der Waals surface area contributed by atoms with Crippen molar-refractivity contribution in [1.82, 2.24) is 20.1 Å². The molecule has 0 bridgehead atoms. The first-order valence-electron chi connectivity index (χ1n) is 7.36. The van der Waals surface area contributed by atoms with Crippen molar-refractivity contribution in [3.63, 3.8) is 0 Å². The lowest BCUT2D eigenvalue weighted by atomic mass is 10.1. The molecule has 0 saturated carbocycles. The zero-order valence-electron chi connectivity index (χ0n) is 12.8. The molecule has 1 N–H and O–H groups in total. The fourth-order valence-electron chi connectivity index (χ4n) is 2.65. The molecule has 0 aliphatic carbocycles. The van der Waals surface area contributed by atoms with Crippen LogP contribution in [0.3, 0.4) is 0 Å². The molecule has 0 radical (unpaired) electrons. The van der Waals surface area contributed by atoms with Gasteiger partial charge in [-0.3, -0.25) is 9.67 Å². The Bertz CT molecular complexity index is 781. The Balaban J connectivity index is 1.71. The maximum absolute atomic E-state index is 4.51. The average molecular weight is 359 g/mol. The molecule has 0 amide bonds. The van der Waals surface area contributed by atoms with E-state index in [-0.39, 0.29) is 0 Å². The van der Waals surface area contributed by atoms with Gasteiger partial charge in [-0.1, -0.05) is 22.0 Å². The molecule has 0 spiro atoms. The maximum atomic E-state index is 4.51. The summed E-state index contributed by atoms with van der Waals surface area (Å²) >= 11 is 3.58. The third-order valence-electron chi connectivity index (χ3n) is 3.69. The summed E-state index contributed by atoms with van der Waals surface area (Å²) in [4.78, 5) is 4.51. The molecule has 1 atom stereocenters. The van der Waals surface area contributed by atoms with Gasteiger partial charge in [0.05, 0.1) is 11.7 Å². The quantitative estimate of drug-likeness (QED) is 0.759. The van der Waals surface area contributed by atoms with Crippen molar-refractivity contribution in [3.05, 3.63) is 58.5 Å². The lowest BCUT2D eigenvalue weighted by Gasteiger charge is -2.14. The third kappa shape index (κ3) is 3.54. The lowest BCUT2D eigenvalue weighted by Crippen LogP contribution is -2.27. The van der Waals surface area contributed by atoms with Gasteiger partial charge < -0.3 is 5.32 Å². The highest BCUT2D eigenvalue weighted by Gasteiger charge is 2.08. The molecule has 0 fully saturated rings. The van der Waals surface area contributed by atoms with Crippen molar-refractivity contribution >= 4 is 26.8 Å². The van der Waals surface area contributed by atoms with Crippen LogP contribution in [0.4, 0.5) is 0 Å². The van der Waals surface area contributed by atoms with Gasteiger partial charge in [0.25, 0.3) is 0 Å². The molecule has 1 aromatic carbocycles. The van der Waals surface area contributed by atoms with E-state index in [0.29, 0.717) is 6.04 Å². The molecule has 114 valence electrons. The van der Waals surface area contributed by atoms with Gasteiger partial charge in [-0.2, -0.15) is 5.10 Å². The Labute approximate surface area is 138 Å². The summed E-state index contributed by atoms with van der Waals surface area (Å²) in [7, 11) is 1.95. The minimum absolute atomic E-state index is 0.377. The number of aromatic nitrogens is 3. The normalized spacial score (nSPS) is 12.7. The molecule has 0 saturated heterocycles. The summed E-state index contributed by atoms with van der Waals surface area (Å²) in [5.41, 5.74) is 3.52.